The van der Waals surface area contributed by atoms with Gasteiger partial charge >= 0.3 is 5.97 Å². The number of halogens is 1. The van der Waals surface area contributed by atoms with Crippen LogP contribution in [0.2, 0.25) is 0 Å². The largest absolute Gasteiger partial charge is 0.464 e. The van der Waals surface area contributed by atoms with Crippen molar-refractivity contribution in [3.05, 3.63) is 69.1 Å². The van der Waals surface area contributed by atoms with Crippen molar-refractivity contribution in [1.82, 2.24) is 35.2 Å². The van der Waals surface area contributed by atoms with E-state index in [1.54, 1.807) is 13.3 Å². The van der Waals surface area contributed by atoms with E-state index in [0.717, 1.165) is 70.7 Å². The quantitative estimate of drug-likeness (QED) is 0.139. The van der Waals surface area contributed by atoms with Gasteiger partial charge in [-0.2, -0.15) is 0 Å². The van der Waals surface area contributed by atoms with E-state index in [2.05, 4.69) is 44.7 Å². The lowest BCUT2D eigenvalue weighted by molar-refractivity contribution is -0.171. The molecule has 5 atom stereocenters. The van der Waals surface area contributed by atoms with Crippen LogP contribution < -0.4 is 10.7 Å². The molecule has 13 nitrogen and oxygen atoms in total. The number of ether oxygens (including phenoxy) is 3. The number of fused-ring (bicyclic) bond motifs is 4. The van der Waals surface area contributed by atoms with Gasteiger partial charge in [-0.3, -0.25) is 29.3 Å². The minimum atomic E-state index is -0.972. The average molecular weight is 890 g/mol. The number of cyclic esters (lactones) is 1. The highest BCUT2D eigenvalue weighted by Gasteiger charge is 2.52. The van der Waals surface area contributed by atoms with E-state index in [-0.39, 0.29) is 60.6 Å². The number of carbonyl (C=O) groups is 3. The number of nitrogens with zero attached hydrogens (tertiary/aromatic N) is 5. The van der Waals surface area contributed by atoms with Gasteiger partial charge in [0, 0.05) is 78.3 Å². The minimum absolute atomic E-state index is 0.00974. The Morgan fingerprint density at radius 1 is 1.19 bits per heavy atom. The van der Waals surface area contributed by atoms with Crippen LogP contribution >= 0.6 is 11.3 Å². The number of methoxy groups -OCH3 is 1. The van der Waals surface area contributed by atoms with Gasteiger partial charge in [-0.1, -0.05) is 44.8 Å². The third-order valence-corrected chi connectivity index (χ3v) is 15.2. The number of nitrogens with one attached hydrogen (secondary N) is 2. The minimum Gasteiger partial charge on any atom is -0.464 e. The number of aromatic nitrogens is 3. The van der Waals surface area contributed by atoms with Crippen molar-refractivity contribution in [2.45, 2.75) is 97.0 Å². The maximum atomic E-state index is 18.0. The number of pyridine rings is 1. The van der Waals surface area contributed by atoms with E-state index in [1.165, 1.54) is 16.3 Å². The van der Waals surface area contributed by atoms with Gasteiger partial charge in [0.25, 0.3) is 5.91 Å². The topological polar surface area (TPSA) is 140 Å². The third kappa shape index (κ3) is 7.74. The standard InChI is InChI=1S/C49H56FN7O6S/c1-26-27(2)39(26)46(58)53-36-21-38-52-37(24-64-38)33-20-30-10-8-12-56-44(30)40(41(33)50)35(22-49(4,5)25-63-48(60)43-31-18-32(19-31)57(54-43)47(36)59)45(56)34-17-29(23-51-42(34)28(3)61-6)9-7-11-55-13-15-62-16-14-55/h17,20,23-24,27-28,31-32,36,39,43,54H,1,8,10-16,18-19,21-22,25H2,2-6H3,(H,53,58)/t27-,28-,31?,32?,36-,39-,43-/m0/s1. The second kappa shape index (κ2) is 16.8. The number of morpholine rings is 1. The summed E-state index contributed by atoms with van der Waals surface area (Å²) < 4.78 is 37.9. The molecule has 8 bridgehead atoms. The van der Waals surface area contributed by atoms with Gasteiger partial charge in [-0.05, 0) is 74.1 Å². The number of aryl methyl sites for hydroxylation is 2. The number of rotatable bonds is 6. The summed E-state index contributed by atoms with van der Waals surface area (Å²) in [5, 5.41) is 7.50. The molecule has 0 unspecified atom stereocenters. The van der Waals surface area contributed by atoms with Crippen molar-refractivity contribution in [3.8, 4) is 34.4 Å². The fourth-order valence-electron chi connectivity index (χ4n) is 10.4. The molecule has 2 saturated carbocycles. The van der Waals surface area contributed by atoms with Crippen molar-refractivity contribution in [3.63, 3.8) is 0 Å². The average Bonchev–Trinajstić information content (AvgIpc) is 3.53. The van der Waals surface area contributed by atoms with Crippen LogP contribution in [0.5, 0.6) is 0 Å². The Labute approximate surface area is 377 Å². The summed E-state index contributed by atoms with van der Waals surface area (Å²) in [5.41, 5.74) is 10.1. The number of hydrogen-bond donors (Lipinski definition) is 2. The Morgan fingerprint density at radius 2 is 1.97 bits per heavy atom. The molecule has 5 aliphatic heterocycles. The van der Waals surface area contributed by atoms with Crippen molar-refractivity contribution < 1.29 is 33.0 Å². The molecule has 2 N–H and O–H groups in total. The van der Waals surface area contributed by atoms with Gasteiger partial charge in [-0.15, -0.1) is 11.3 Å². The normalized spacial score (nSPS) is 26.9. The Bertz CT molecular complexity index is 2630. The SMILES string of the molecule is C=C1[C@H](C(=O)N[C@H]2Cc3nc(cs3)-c3cc4c5c(c3F)c(c(-c3cc(C#CCN6CCOCC6)cnc3[C@H](C)OC)n5CCC4)CC(C)(C)COC(=O)[C@H]3NN(C2=O)C2CC3C2)[C@H]1C. The van der Waals surface area contributed by atoms with Crippen molar-refractivity contribution in [1.29, 1.82) is 0 Å². The molecule has 4 aromatic rings. The van der Waals surface area contributed by atoms with Gasteiger partial charge in [-0.25, -0.2) is 14.8 Å². The summed E-state index contributed by atoms with van der Waals surface area (Å²) in [7, 11) is 1.66. The summed E-state index contributed by atoms with van der Waals surface area (Å²) in [6.45, 7) is 16.4. The van der Waals surface area contributed by atoms with Crippen LogP contribution in [-0.2, 0) is 54.4 Å². The zero-order chi connectivity index (χ0) is 44.6. The lowest BCUT2D eigenvalue weighted by Crippen LogP contribution is -2.71. The van der Waals surface area contributed by atoms with Crippen molar-refractivity contribution >= 4 is 40.0 Å². The van der Waals surface area contributed by atoms with E-state index < -0.39 is 23.5 Å². The third-order valence-electron chi connectivity index (χ3n) is 14.3. The number of carbonyl (C=O) groups excluding carboxylic acids is 3. The first-order valence-corrected chi connectivity index (χ1v) is 23.6. The Morgan fingerprint density at radius 3 is 2.72 bits per heavy atom. The van der Waals surface area contributed by atoms with Gasteiger partial charge in [0.1, 0.15) is 17.9 Å². The molecule has 1 aromatic carbocycles. The van der Waals surface area contributed by atoms with Crippen LogP contribution in [0.3, 0.4) is 0 Å². The molecule has 2 amide bonds. The van der Waals surface area contributed by atoms with Crippen LogP contribution in [0.1, 0.15) is 80.5 Å². The molecule has 3 saturated heterocycles. The fourth-order valence-corrected chi connectivity index (χ4v) is 11.3. The Hall–Kier alpha value is -4.98. The number of amides is 2. The monoisotopic (exact) mass is 889 g/mol. The fraction of sp³-hybridized carbons (Fsp3) is 0.531. The number of hydrazine groups is 1. The molecule has 15 heteroatoms. The first-order valence-electron chi connectivity index (χ1n) is 22.7. The highest BCUT2D eigenvalue weighted by atomic mass is 32.1. The summed E-state index contributed by atoms with van der Waals surface area (Å²) in [6.07, 6.45) is 4.77. The van der Waals surface area contributed by atoms with E-state index in [1.807, 2.05) is 39.1 Å². The van der Waals surface area contributed by atoms with E-state index in [4.69, 9.17) is 24.2 Å². The number of benzene rings is 1. The van der Waals surface area contributed by atoms with Gasteiger partial charge in [0.2, 0.25) is 5.91 Å². The smallest absolute Gasteiger partial charge is 0.325 e. The molecule has 11 rings (SSSR count). The predicted molar refractivity (Wildman–Crippen MR) is 240 cm³/mol. The summed E-state index contributed by atoms with van der Waals surface area (Å²) in [6, 6.07) is 2.18. The number of hydrogen-bond acceptors (Lipinski definition) is 11. The van der Waals surface area contributed by atoms with Crippen LogP contribution in [0, 0.1) is 40.8 Å². The van der Waals surface area contributed by atoms with Crippen LogP contribution in [-0.4, -0.2) is 107 Å². The van der Waals surface area contributed by atoms with Crippen LogP contribution in [0.4, 0.5) is 4.39 Å². The van der Waals surface area contributed by atoms with E-state index in [0.29, 0.717) is 67.2 Å². The molecule has 2 aliphatic carbocycles. The number of thiazole rings is 1. The summed E-state index contributed by atoms with van der Waals surface area (Å²) in [4.78, 5) is 54.4. The van der Waals surface area contributed by atoms with Gasteiger partial charge in [0.05, 0.1) is 66.0 Å². The lowest BCUT2D eigenvalue weighted by Gasteiger charge is -2.53. The van der Waals surface area contributed by atoms with E-state index in [9.17, 15) is 14.4 Å². The molecule has 0 spiro atoms. The molecule has 8 heterocycles. The summed E-state index contributed by atoms with van der Waals surface area (Å²) in [5.74, 6) is 4.96. The first kappa shape index (κ1) is 42.9. The Balaban J connectivity index is 1.12. The predicted octanol–water partition coefficient (Wildman–Crippen LogP) is 5.77. The van der Waals surface area contributed by atoms with Crippen molar-refractivity contribution in [2.75, 3.05) is 46.6 Å². The second-order valence-electron chi connectivity index (χ2n) is 19.3. The molecule has 7 aliphatic rings. The highest BCUT2D eigenvalue weighted by molar-refractivity contribution is 7.10. The van der Waals surface area contributed by atoms with E-state index >= 15 is 4.39 Å². The zero-order valence-electron chi connectivity index (χ0n) is 37.2. The van der Waals surface area contributed by atoms with Gasteiger partial charge < -0.3 is 24.1 Å². The molecule has 64 heavy (non-hydrogen) atoms. The van der Waals surface area contributed by atoms with Gasteiger partial charge in [0.15, 0.2) is 0 Å². The maximum Gasteiger partial charge on any atom is 0.325 e. The highest BCUT2D eigenvalue weighted by Crippen LogP contribution is 2.47. The molecular weight excluding hydrogens is 834 g/mol. The number of esters is 1. The molecule has 336 valence electrons. The van der Waals surface area contributed by atoms with Crippen LogP contribution in [0.25, 0.3) is 33.4 Å². The van der Waals surface area contributed by atoms with Crippen molar-refractivity contribution in [2.24, 2.45) is 23.2 Å². The second-order valence-corrected chi connectivity index (χ2v) is 20.3. The molecule has 3 aromatic heterocycles. The molecular formula is C49H56FN7O6S. The molecule has 5 fully saturated rings. The summed E-state index contributed by atoms with van der Waals surface area (Å²) >= 11 is 1.34. The lowest BCUT2D eigenvalue weighted by atomic mass is 9.73. The van der Waals surface area contributed by atoms with Crippen LogP contribution in [0.15, 0.2) is 35.9 Å². The molecule has 0 radical (unpaired) electrons. The zero-order valence-corrected chi connectivity index (χ0v) is 38.0. The first-order chi connectivity index (χ1) is 30.8. The maximum absolute atomic E-state index is 18.0. The Kier molecular flexibility index (Phi) is 11.3.